The molecule has 1 aromatic carbocycles. The molecular formula is C23H24N6O3. The molecule has 1 aliphatic rings. The first-order valence-corrected chi connectivity index (χ1v) is 10.4. The zero-order chi connectivity index (χ0) is 21.9. The first-order chi connectivity index (χ1) is 15.7. The van der Waals surface area contributed by atoms with Gasteiger partial charge in [-0.2, -0.15) is 0 Å². The summed E-state index contributed by atoms with van der Waals surface area (Å²) in [7, 11) is 3.30. The van der Waals surface area contributed by atoms with Crippen molar-refractivity contribution in [2.45, 2.75) is 0 Å². The van der Waals surface area contributed by atoms with Gasteiger partial charge in [-0.3, -0.25) is 4.98 Å². The molecule has 164 valence electrons. The number of nitrogens with one attached hydrogen (secondary N) is 1. The Balaban J connectivity index is 1.50. The maximum atomic E-state index is 5.68. The summed E-state index contributed by atoms with van der Waals surface area (Å²) in [6, 6.07) is 7.97. The first-order valence-electron chi connectivity index (χ1n) is 10.4. The van der Waals surface area contributed by atoms with Crippen molar-refractivity contribution in [3.05, 3.63) is 55.2 Å². The Morgan fingerprint density at radius 2 is 1.94 bits per heavy atom. The van der Waals surface area contributed by atoms with Gasteiger partial charge in [-0.25, -0.2) is 9.97 Å². The van der Waals surface area contributed by atoms with E-state index in [-0.39, 0.29) is 0 Å². The number of ether oxygens (including phenoxy) is 3. The van der Waals surface area contributed by atoms with Gasteiger partial charge in [-0.1, -0.05) is 0 Å². The third-order valence-electron chi connectivity index (χ3n) is 5.41. The van der Waals surface area contributed by atoms with Gasteiger partial charge in [-0.05, 0) is 18.2 Å². The van der Waals surface area contributed by atoms with E-state index >= 15 is 0 Å². The number of rotatable bonds is 6. The van der Waals surface area contributed by atoms with Crippen molar-refractivity contribution in [3.8, 4) is 22.8 Å². The monoisotopic (exact) mass is 432 g/mol. The molecular weight excluding hydrogens is 408 g/mol. The van der Waals surface area contributed by atoms with Crippen LogP contribution in [0, 0.1) is 0 Å². The van der Waals surface area contributed by atoms with Gasteiger partial charge in [0.05, 0.1) is 45.0 Å². The Morgan fingerprint density at radius 3 is 2.75 bits per heavy atom. The highest BCUT2D eigenvalue weighted by Crippen LogP contribution is 2.33. The lowest BCUT2D eigenvalue weighted by Gasteiger charge is -2.30. The van der Waals surface area contributed by atoms with Crippen LogP contribution in [0.2, 0.25) is 0 Å². The average molecular weight is 432 g/mol. The summed E-state index contributed by atoms with van der Waals surface area (Å²) in [5.74, 6) is 2.11. The summed E-state index contributed by atoms with van der Waals surface area (Å²) < 4.78 is 18.4. The molecule has 9 nitrogen and oxygen atoms in total. The number of benzene rings is 1. The zero-order valence-electron chi connectivity index (χ0n) is 18.0. The highest BCUT2D eigenvalue weighted by Gasteiger charge is 2.17. The second kappa shape index (κ2) is 8.72. The Morgan fingerprint density at radius 1 is 1.06 bits per heavy atom. The molecule has 5 rings (SSSR count). The molecule has 3 aromatic heterocycles. The maximum absolute atomic E-state index is 5.68. The zero-order valence-corrected chi connectivity index (χ0v) is 18.0. The molecule has 32 heavy (non-hydrogen) atoms. The molecule has 4 aromatic rings. The predicted octanol–water partition coefficient (Wildman–Crippen LogP) is 3.39. The van der Waals surface area contributed by atoms with Crippen molar-refractivity contribution in [2.24, 2.45) is 0 Å². The number of pyridine rings is 1. The predicted molar refractivity (Wildman–Crippen MR) is 122 cm³/mol. The molecule has 0 radical (unpaired) electrons. The molecule has 0 spiro atoms. The van der Waals surface area contributed by atoms with Crippen LogP contribution in [0.3, 0.4) is 0 Å². The van der Waals surface area contributed by atoms with E-state index in [1.165, 1.54) is 0 Å². The number of nitrogens with zero attached hydrogens (tertiary/aromatic N) is 5. The fourth-order valence-corrected chi connectivity index (χ4v) is 3.78. The SMILES string of the molecule is COc1cncc(-c2cn3ccnc3c(Nc3ccc(N4CCOCC4)c(OC)c3)n2)c1. The summed E-state index contributed by atoms with van der Waals surface area (Å²) >= 11 is 0. The van der Waals surface area contributed by atoms with E-state index in [4.69, 9.17) is 19.2 Å². The summed E-state index contributed by atoms with van der Waals surface area (Å²) in [5.41, 5.74) is 4.24. The number of imidazole rings is 1. The quantitative estimate of drug-likeness (QED) is 0.496. The lowest BCUT2D eigenvalue weighted by atomic mass is 10.2. The fraction of sp³-hybridized carbons (Fsp3) is 0.261. The highest BCUT2D eigenvalue weighted by atomic mass is 16.5. The molecule has 9 heteroatoms. The number of methoxy groups -OCH3 is 2. The summed E-state index contributed by atoms with van der Waals surface area (Å²) in [5, 5.41) is 3.41. The van der Waals surface area contributed by atoms with Gasteiger partial charge in [0.2, 0.25) is 0 Å². The molecule has 0 atom stereocenters. The van der Waals surface area contributed by atoms with Crippen LogP contribution in [-0.4, -0.2) is 59.9 Å². The Labute approximate surface area is 185 Å². The van der Waals surface area contributed by atoms with Gasteiger partial charge in [0, 0.05) is 55.2 Å². The van der Waals surface area contributed by atoms with Crippen LogP contribution >= 0.6 is 0 Å². The van der Waals surface area contributed by atoms with E-state index in [2.05, 4.69) is 26.3 Å². The average Bonchev–Trinajstić information content (AvgIpc) is 3.34. The number of anilines is 3. The minimum Gasteiger partial charge on any atom is -0.495 e. The fourth-order valence-electron chi connectivity index (χ4n) is 3.78. The Hall–Kier alpha value is -3.85. The van der Waals surface area contributed by atoms with E-state index in [1.54, 1.807) is 32.8 Å². The van der Waals surface area contributed by atoms with Crippen LogP contribution in [0.1, 0.15) is 0 Å². The Kier molecular flexibility index (Phi) is 5.47. The van der Waals surface area contributed by atoms with Crippen LogP contribution in [0.25, 0.3) is 16.9 Å². The molecule has 1 N–H and O–H groups in total. The van der Waals surface area contributed by atoms with Crippen molar-refractivity contribution in [1.82, 2.24) is 19.4 Å². The number of hydrogen-bond acceptors (Lipinski definition) is 8. The second-order valence-electron chi connectivity index (χ2n) is 7.36. The van der Waals surface area contributed by atoms with E-state index in [0.717, 1.165) is 60.3 Å². The van der Waals surface area contributed by atoms with Crippen LogP contribution in [0.4, 0.5) is 17.2 Å². The van der Waals surface area contributed by atoms with Crippen LogP contribution < -0.4 is 19.7 Å². The standard InChI is InChI=1S/C23H24N6O3/c1-30-18-11-16(13-24-14-18)19-15-29-6-5-25-23(29)22(27-19)26-17-3-4-20(21(12-17)31-2)28-7-9-32-10-8-28/h3-6,11-15H,7-10H2,1-2H3,(H,26,27). The van der Waals surface area contributed by atoms with Gasteiger partial charge in [0.15, 0.2) is 11.5 Å². The molecule has 1 saturated heterocycles. The van der Waals surface area contributed by atoms with Crippen molar-refractivity contribution in [3.63, 3.8) is 0 Å². The molecule has 0 amide bonds. The maximum Gasteiger partial charge on any atom is 0.180 e. The molecule has 1 fully saturated rings. The van der Waals surface area contributed by atoms with Crippen molar-refractivity contribution >= 4 is 22.8 Å². The van der Waals surface area contributed by atoms with Crippen molar-refractivity contribution in [1.29, 1.82) is 0 Å². The smallest absolute Gasteiger partial charge is 0.180 e. The van der Waals surface area contributed by atoms with Gasteiger partial charge < -0.3 is 28.8 Å². The third kappa shape index (κ3) is 3.90. The normalized spacial score (nSPS) is 13.9. The second-order valence-corrected chi connectivity index (χ2v) is 7.36. The van der Waals surface area contributed by atoms with Crippen LogP contribution in [0.5, 0.6) is 11.5 Å². The lowest BCUT2D eigenvalue weighted by molar-refractivity contribution is 0.122. The Bertz CT molecular complexity index is 1240. The van der Waals surface area contributed by atoms with Crippen molar-refractivity contribution < 1.29 is 14.2 Å². The summed E-state index contributed by atoms with van der Waals surface area (Å²) in [6.07, 6.45) is 8.99. The van der Waals surface area contributed by atoms with Crippen LogP contribution in [-0.2, 0) is 4.74 Å². The third-order valence-corrected chi connectivity index (χ3v) is 5.41. The molecule has 0 unspecified atom stereocenters. The number of hydrogen-bond donors (Lipinski definition) is 1. The van der Waals surface area contributed by atoms with Gasteiger partial charge in [-0.15, -0.1) is 0 Å². The summed E-state index contributed by atoms with van der Waals surface area (Å²) in [4.78, 5) is 15.8. The molecule has 1 aliphatic heterocycles. The van der Waals surface area contributed by atoms with Crippen LogP contribution in [0.15, 0.2) is 55.2 Å². The highest BCUT2D eigenvalue weighted by molar-refractivity contribution is 5.76. The van der Waals surface area contributed by atoms with E-state index in [9.17, 15) is 0 Å². The van der Waals surface area contributed by atoms with Gasteiger partial charge in [0.25, 0.3) is 0 Å². The van der Waals surface area contributed by atoms with Gasteiger partial charge in [0.1, 0.15) is 11.5 Å². The molecule has 0 bridgehead atoms. The lowest BCUT2D eigenvalue weighted by Crippen LogP contribution is -2.36. The number of aromatic nitrogens is 4. The minimum atomic E-state index is 0.636. The van der Waals surface area contributed by atoms with Gasteiger partial charge >= 0.3 is 0 Å². The summed E-state index contributed by atoms with van der Waals surface area (Å²) in [6.45, 7) is 3.12. The van der Waals surface area contributed by atoms with E-state index in [1.807, 2.05) is 35.0 Å². The molecule has 0 aliphatic carbocycles. The first kappa shape index (κ1) is 20.1. The molecule has 4 heterocycles. The van der Waals surface area contributed by atoms with Crippen molar-refractivity contribution in [2.75, 3.05) is 50.7 Å². The van der Waals surface area contributed by atoms with E-state index < -0.39 is 0 Å². The van der Waals surface area contributed by atoms with E-state index in [0.29, 0.717) is 11.6 Å². The minimum absolute atomic E-state index is 0.636. The number of fused-ring (bicyclic) bond motifs is 1. The topological polar surface area (TPSA) is 86.0 Å². The number of morpholine rings is 1. The largest absolute Gasteiger partial charge is 0.495 e. The molecule has 0 saturated carbocycles.